The van der Waals surface area contributed by atoms with E-state index in [1.165, 1.54) is 0 Å². The van der Waals surface area contributed by atoms with E-state index in [-0.39, 0.29) is 0 Å². The van der Waals surface area contributed by atoms with Crippen molar-refractivity contribution < 1.29 is 0 Å². The van der Waals surface area contributed by atoms with Crippen molar-refractivity contribution >= 4 is 5.65 Å². The van der Waals surface area contributed by atoms with Crippen LogP contribution in [0.25, 0.3) is 5.65 Å². The molecule has 0 saturated heterocycles. The number of rotatable bonds is 0. The Morgan fingerprint density at radius 1 is 1.25 bits per heavy atom. The number of hydrogen-bond donors (Lipinski definition) is 0. The summed E-state index contributed by atoms with van der Waals surface area (Å²) in [6.07, 6.45) is 3.41. The van der Waals surface area contributed by atoms with Gasteiger partial charge < -0.3 is 0 Å². The molecule has 0 bridgehead atoms. The maximum Gasteiger partial charge on any atom is 0.154 e. The quantitative estimate of drug-likeness (QED) is 0.683. The zero-order valence-electron chi connectivity index (χ0n) is 10.5. The molecule has 0 amide bonds. The highest BCUT2D eigenvalue weighted by Gasteiger charge is 2.01. The van der Waals surface area contributed by atoms with Gasteiger partial charge in [-0.2, -0.15) is 10.4 Å². The molecule has 0 radical (unpaired) electrons. The van der Waals surface area contributed by atoms with Gasteiger partial charge in [-0.15, -0.1) is 0 Å². The maximum atomic E-state index is 8.69. The number of imidazole rings is 1. The van der Waals surface area contributed by atoms with Crippen LogP contribution in [0, 0.1) is 18.3 Å². The molecule has 2 rings (SSSR count). The van der Waals surface area contributed by atoms with Crippen molar-refractivity contribution in [1.29, 1.82) is 5.26 Å². The highest BCUT2D eigenvalue weighted by Crippen LogP contribution is 2.05. The predicted molar refractivity (Wildman–Crippen MR) is 65.1 cm³/mol. The Balaban J connectivity index is 0.000000509. The molecule has 0 unspecified atom stereocenters. The second kappa shape index (κ2) is 7.41. The molecule has 0 atom stereocenters. The van der Waals surface area contributed by atoms with Crippen molar-refractivity contribution in [2.75, 3.05) is 0 Å². The van der Waals surface area contributed by atoms with Crippen molar-refractivity contribution in [2.45, 2.75) is 34.6 Å². The van der Waals surface area contributed by atoms with Gasteiger partial charge in [-0.05, 0) is 6.92 Å². The lowest BCUT2D eigenvalue weighted by Gasteiger charge is -1.96. The number of fused-ring (bicyclic) bond motifs is 1. The highest BCUT2D eigenvalue weighted by molar-refractivity contribution is 5.46. The van der Waals surface area contributed by atoms with Crippen LogP contribution >= 0.6 is 0 Å². The van der Waals surface area contributed by atoms with Crippen molar-refractivity contribution in [3.8, 4) is 6.07 Å². The third kappa shape index (κ3) is 3.06. The first-order chi connectivity index (χ1) is 7.81. The summed E-state index contributed by atoms with van der Waals surface area (Å²) >= 11 is 0. The van der Waals surface area contributed by atoms with Crippen LogP contribution in [0.4, 0.5) is 0 Å². The van der Waals surface area contributed by atoms with Gasteiger partial charge in [0.2, 0.25) is 0 Å². The van der Waals surface area contributed by atoms with Gasteiger partial charge in [0, 0.05) is 18.5 Å². The summed E-state index contributed by atoms with van der Waals surface area (Å²) in [6, 6.07) is 3.79. The molecule has 16 heavy (non-hydrogen) atoms. The Morgan fingerprint density at radius 3 is 2.44 bits per heavy atom. The van der Waals surface area contributed by atoms with Crippen LogP contribution in [0.15, 0.2) is 18.5 Å². The van der Waals surface area contributed by atoms with Crippen molar-refractivity contribution in [3.63, 3.8) is 0 Å². The van der Waals surface area contributed by atoms with Crippen LogP contribution in [0.2, 0.25) is 0 Å². The summed E-state index contributed by atoms with van der Waals surface area (Å²) < 4.78 is 1.65. The first-order valence-corrected chi connectivity index (χ1v) is 5.52. The molecule has 0 aliphatic heterocycles. The lowest BCUT2D eigenvalue weighted by molar-refractivity contribution is 0.896. The van der Waals surface area contributed by atoms with Gasteiger partial charge in [0.25, 0.3) is 0 Å². The van der Waals surface area contributed by atoms with Gasteiger partial charge in [-0.1, -0.05) is 27.7 Å². The molecule has 0 aliphatic carbocycles. The number of aryl methyl sites for hydroxylation is 1. The molecule has 86 valence electrons. The number of nitriles is 1. The van der Waals surface area contributed by atoms with E-state index >= 15 is 0 Å². The molecule has 2 aromatic rings. The predicted octanol–water partition coefficient (Wildman–Crippen LogP) is 2.96. The maximum absolute atomic E-state index is 8.69. The molecule has 4 heteroatoms. The Kier molecular flexibility index (Phi) is 6.53. The Hall–Kier alpha value is -1.89. The van der Waals surface area contributed by atoms with E-state index in [2.05, 4.69) is 16.2 Å². The zero-order valence-corrected chi connectivity index (χ0v) is 10.5. The van der Waals surface area contributed by atoms with Crippen LogP contribution in [0.3, 0.4) is 0 Å². The average Bonchev–Trinajstić information content (AvgIpc) is 2.80. The fourth-order valence-electron chi connectivity index (χ4n) is 1.06. The van der Waals surface area contributed by atoms with Gasteiger partial charge in [0.05, 0.1) is 11.3 Å². The highest BCUT2D eigenvalue weighted by atomic mass is 15.2. The fraction of sp³-hybridized carbons (Fsp3) is 0.417. The normalized spacial score (nSPS) is 8.25. The molecular weight excluding hydrogens is 200 g/mol. The molecule has 0 aliphatic rings. The van der Waals surface area contributed by atoms with E-state index in [4.69, 9.17) is 5.26 Å². The van der Waals surface area contributed by atoms with E-state index in [0.29, 0.717) is 11.2 Å². The van der Waals surface area contributed by atoms with E-state index in [1.807, 2.05) is 27.7 Å². The molecule has 0 fully saturated rings. The minimum atomic E-state index is 0.578. The topological polar surface area (TPSA) is 54.0 Å². The first kappa shape index (κ1) is 14.1. The summed E-state index contributed by atoms with van der Waals surface area (Å²) in [6.45, 7) is 9.80. The van der Waals surface area contributed by atoms with Crippen LogP contribution in [0.5, 0.6) is 0 Å². The van der Waals surface area contributed by atoms with Gasteiger partial charge in [0.1, 0.15) is 6.07 Å². The van der Waals surface area contributed by atoms with Crippen molar-refractivity contribution in [1.82, 2.24) is 14.6 Å². The molecular formula is C12H18N4. The summed E-state index contributed by atoms with van der Waals surface area (Å²) in [5.74, 6) is 0. The van der Waals surface area contributed by atoms with Gasteiger partial charge in [-0.25, -0.2) is 9.50 Å². The van der Waals surface area contributed by atoms with Gasteiger partial charge in [-0.3, -0.25) is 0 Å². The largest absolute Gasteiger partial charge is 0.235 e. The fourth-order valence-corrected chi connectivity index (χ4v) is 1.06. The lowest BCUT2D eigenvalue weighted by Crippen LogP contribution is -1.96. The minimum absolute atomic E-state index is 0.578. The molecule has 0 aromatic carbocycles. The molecule has 0 saturated carbocycles. The van der Waals surface area contributed by atoms with Crippen molar-refractivity contribution in [2.24, 2.45) is 0 Å². The van der Waals surface area contributed by atoms with Gasteiger partial charge >= 0.3 is 0 Å². The lowest BCUT2D eigenvalue weighted by atomic mass is 10.2. The summed E-state index contributed by atoms with van der Waals surface area (Å²) in [5.41, 5.74) is 2.01. The van der Waals surface area contributed by atoms with E-state index in [9.17, 15) is 0 Å². The van der Waals surface area contributed by atoms with Crippen LogP contribution < -0.4 is 0 Å². The molecule has 2 heterocycles. The van der Waals surface area contributed by atoms with Crippen LogP contribution in [-0.4, -0.2) is 14.6 Å². The molecule has 2 aromatic heterocycles. The number of aromatic nitrogens is 3. The zero-order chi connectivity index (χ0) is 12.6. The molecule has 0 N–H and O–H groups in total. The monoisotopic (exact) mass is 218 g/mol. The Bertz CT molecular complexity index is 465. The van der Waals surface area contributed by atoms with E-state index < -0.39 is 0 Å². The third-order valence-electron chi connectivity index (χ3n) is 1.69. The number of hydrogen-bond acceptors (Lipinski definition) is 3. The Morgan fingerprint density at radius 2 is 1.88 bits per heavy atom. The Labute approximate surface area is 96.6 Å². The van der Waals surface area contributed by atoms with Gasteiger partial charge in [0.15, 0.2) is 5.65 Å². The summed E-state index contributed by atoms with van der Waals surface area (Å²) in [4.78, 5) is 4.02. The second-order valence-electron chi connectivity index (χ2n) is 2.49. The van der Waals surface area contributed by atoms with Crippen LogP contribution in [0.1, 0.15) is 39.0 Å². The van der Waals surface area contributed by atoms with E-state index in [0.717, 1.165) is 5.69 Å². The molecule has 4 nitrogen and oxygen atoms in total. The van der Waals surface area contributed by atoms with Crippen LogP contribution in [-0.2, 0) is 0 Å². The smallest absolute Gasteiger partial charge is 0.154 e. The molecule has 0 spiro atoms. The SMILES string of the molecule is CC.CC.Cc1nn2ccnc2cc1C#N. The summed E-state index contributed by atoms with van der Waals surface area (Å²) in [7, 11) is 0. The second-order valence-corrected chi connectivity index (χ2v) is 2.49. The standard InChI is InChI=1S/C8H6N4.2C2H6/c1-6-7(5-9)4-8-10-2-3-12(8)11-6;2*1-2/h2-4H,1H3;2*1-2H3. The summed E-state index contributed by atoms with van der Waals surface area (Å²) in [5, 5.41) is 12.8. The first-order valence-electron chi connectivity index (χ1n) is 5.52. The van der Waals surface area contributed by atoms with E-state index in [1.54, 1.807) is 29.9 Å². The third-order valence-corrected chi connectivity index (χ3v) is 1.69. The minimum Gasteiger partial charge on any atom is -0.235 e. The van der Waals surface area contributed by atoms with Crippen molar-refractivity contribution in [3.05, 3.63) is 29.7 Å². The number of nitrogens with zero attached hydrogens (tertiary/aromatic N) is 4. The average molecular weight is 218 g/mol.